The van der Waals surface area contributed by atoms with E-state index in [9.17, 15) is 22.8 Å². The number of amides is 1. The first-order chi connectivity index (χ1) is 13.4. The van der Waals surface area contributed by atoms with Gasteiger partial charge in [0.25, 0.3) is 0 Å². The monoisotopic (exact) mass is 411 g/mol. The molecule has 2 aliphatic heterocycles. The molecule has 2 bridgehead atoms. The van der Waals surface area contributed by atoms with Gasteiger partial charge in [-0.15, -0.1) is 0 Å². The summed E-state index contributed by atoms with van der Waals surface area (Å²) in [5, 5.41) is 0. The molecule has 2 saturated heterocycles. The number of ether oxygens (including phenoxy) is 1. The van der Waals surface area contributed by atoms with Crippen LogP contribution in [0.2, 0.25) is 0 Å². The summed E-state index contributed by atoms with van der Waals surface area (Å²) >= 11 is 0. The minimum atomic E-state index is -4.49. The van der Waals surface area contributed by atoms with Gasteiger partial charge >= 0.3 is 12.3 Å². The maximum atomic E-state index is 13.1. The fraction of sp³-hybridized carbons (Fsp3) is 0.636. The van der Waals surface area contributed by atoms with E-state index in [1.54, 1.807) is 11.8 Å². The summed E-state index contributed by atoms with van der Waals surface area (Å²) in [6, 6.07) is 3.10. The minimum absolute atomic E-state index is 0.114. The number of carbonyl (C=O) groups is 2. The van der Waals surface area contributed by atoms with Gasteiger partial charge in [0.15, 0.2) is 5.78 Å². The Bertz CT molecular complexity index is 783. The Hall–Kier alpha value is -2.05. The van der Waals surface area contributed by atoms with Gasteiger partial charge in [-0.25, -0.2) is 4.79 Å². The lowest BCUT2D eigenvalue weighted by molar-refractivity contribution is -0.137. The third kappa shape index (κ3) is 4.75. The summed E-state index contributed by atoms with van der Waals surface area (Å²) in [5.41, 5.74) is -0.734. The van der Waals surface area contributed by atoms with Crippen LogP contribution in [0, 0.1) is 12.8 Å². The second-order valence-corrected chi connectivity index (χ2v) is 9.19. The summed E-state index contributed by atoms with van der Waals surface area (Å²) in [7, 11) is 0. The summed E-state index contributed by atoms with van der Waals surface area (Å²) in [6.45, 7) is 7.10. The van der Waals surface area contributed by atoms with Crippen molar-refractivity contribution in [3.63, 3.8) is 0 Å². The number of alkyl halides is 3. The van der Waals surface area contributed by atoms with Crippen molar-refractivity contribution in [2.45, 2.75) is 83.7 Å². The van der Waals surface area contributed by atoms with Gasteiger partial charge in [-0.3, -0.25) is 4.79 Å². The summed E-state index contributed by atoms with van der Waals surface area (Å²) in [5.74, 6) is -0.638. The molecule has 160 valence electrons. The van der Waals surface area contributed by atoms with Gasteiger partial charge in [-0.2, -0.15) is 13.2 Å². The molecular formula is C22H28F3NO3. The number of aryl methyl sites for hydroxylation is 1. The van der Waals surface area contributed by atoms with E-state index in [0.29, 0.717) is 18.4 Å². The van der Waals surface area contributed by atoms with Crippen molar-refractivity contribution in [2.24, 2.45) is 5.92 Å². The number of piperidine rings is 2. The zero-order valence-corrected chi connectivity index (χ0v) is 17.3. The van der Waals surface area contributed by atoms with E-state index in [2.05, 4.69) is 0 Å². The SMILES string of the molecule is Cc1ccc(C(F)(F)F)cc1C(=O)C1CC2CCCC(C1)N2C(=O)OC(C)(C)C. The molecule has 1 aromatic rings. The van der Waals surface area contributed by atoms with Gasteiger partial charge < -0.3 is 9.64 Å². The number of benzene rings is 1. The molecule has 4 nitrogen and oxygen atoms in total. The highest BCUT2D eigenvalue weighted by molar-refractivity contribution is 5.99. The Morgan fingerprint density at radius 3 is 2.17 bits per heavy atom. The van der Waals surface area contributed by atoms with Gasteiger partial charge in [0.2, 0.25) is 0 Å². The van der Waals surface area contributed by atoms with E-state index in [-0.39, 0.29) is 35.4 Å². The first-order valence-electron chi connectivity index (χ1n) is 10.1. The Morgan fingerprint density at radius 1 is 1.07 bits per heavy atom. The zero-order chi connectivity index (χ0) is 21.6. The van der Waals surface area contributed by atoms with Crippen LogP contribution in [-0.4, -0.2) is 34.5 Å². The van der Waals surface area contributed by atoms with Crippen LogP contribution < -0.4 is 0 Å². The molecule has 0 aromatic heterocycles. The highest BCUT2D eigenvalue weighted by Crippen LogP contribution is 2.40. The molecule has 0 N–H and O–H groups in total. The molecule has 2 heterocycles. The molecule has 0 saturated carbocycles. The van der Waals surface area contributed by atoms with E-state index in [1.165, 1.54) is 6.07 Å². The number of carbonyl (C=O) groups excluding carboxylic acids is 2. The van der Waals surface area contributed by atoms with Gasteiger partial charge in [0.1, 0.15) is 5.60 Å². The highest BCUT2D eigenvalue weighted by Gasteiger charge is 2.44. The van der Waals surface area contributed by atoms with Crippen LogP contribution in [-0.2, 0) is 10.9 Å². The van der Waals surface area contributed by atoms with E-state index in [0.717, 1.165) is 31.4 Å². The number of ketones is 1. The summed E-state index contributed by atoms with van der Waals surface area (Å²) in [4.78, 5) is 27.6. The minimum Gasteiger partial charge on any atom is -0.444 e. The van der Waals surface area contributed by atoms with Gasteiger partial charge in [0.05, 0.1) is 5.56 Å². The fourth-order valence-electron chi connectivity index (χ4n) is 4.49. The van der Waals surface area contributed by atoms with Gasteiger partial charge in [0, 0.05) is 23.6 Å². The maximum Gasteiger partial charge on any atom is 0.416 e. The standard InChI is InChI=1S/C22H28F3NO3/c1-13-8-9-15(22(23,24)25)12-18(13)19(27)14-10-16-6-5-7-17(11-14)26(16)20(28)29-21(2,3)4/h8-9,12,14,16-17H,5-7,10-11H2,1-4H3. The smallest absolute Gasteiger partial charge is 0.416 e. The molecule has 1 amide bonds. The van der Waals surface area contributed by atoms with Gasteiger partial charge in [-0.05, 0) is 77.5 Å². The fourth-order valence-corrected chi connectivity index (χ4v) is 4.49. The molecule has 29 heavy (non-hydrogen) atoms. The van der Waals surface area contributed by atoms with Crippen molar-refractivity contribution in [3.8, 4) is 0 Å². The number of Topliss-reactive ketones (excluding diaryl/α,β-unsaturated/α-hetero) is 1. The quantitative estimate of drug-likeness (QED) is 0.581. The number of nitrogens with zero attached hydrogens (tertiary/aromatic N) is 1. The molecule has 2 unspecified atom stereocenters. The Balaban J connectivity index is 1.81. The second kappa shape index (κ2) is 7.65. The van der Waals surface area contributed by atoms with Crippen molar-refractivity contribution in [2.75, 3.05) is 0 Å². The highest BCUT2D eigenvalue weighted by atomic mass is 19.4. The van der Waals surface area contributed by atoms with Crippen LogP contribution >= 0.6 is 0 Å². The number of hydrogen-bond donors (Lipinski definition) is 0. The molecule has 0 aliphatic carbocycles. The molecule has 3 rings (SSSR count). The van der Waals surface area contributed by atoms with E-state index in [1.807, 2.05) is 20.8 Å². The molecule has 7 heteroatoms. The molecule has 0 radical (unpaired) electrons. The van der Waals surface area contributed by atoms with Crippen molar-refractivity contribution in [1.29, 1.82) is 0 Å². The molecule has 0 spiro atoms. The first kappa shape index (κ1) is 21.7. The number of hydrogen-bond acceptors (Lipinski definition) is 3. The average molecular weight is 411 g/mol. The molecule has 2 fully saturated rings. The topological polar surface area (TPSA) is 46.6 Å². The van der Waals surface area contributed by atoms with Crippen molar-refractivity contribution < 1.29 is 27.5 Å². The van der Waals surface area contributed by atoms with Crippen LogP contribution in [0.3, 0.4) is 0 Å². The Labute approximate surface area is 169 Å². The lowest BCUT2D eigenvalue weighted by atomic mass is 9.75. The van der Waals surface area contributed by atoms with Crippen LogP contribution in [0.4, 0.5) is 18.0 Å². The van der Waals surface area contributed by atoms with Gasteiger partial charge in [-0.1, -0.05) is 6.07 Å². The van der Waals surface area contributed by atoms with Crippen LogP contribution in [0.1, 0.15) is 74.4 Å². The summed E-state index contributed by atoms with van der Waals surface area (Å²) < 4.78 is 44.8. The molecule has 2 atom stereocenters. The molecule has 1 aromatic carbocycles. The number of halogens is 3. The normalized spacial score (nSPS) is 24.9. The lowest BCUT2D eigenvalue weighted by Gasteiger charge is -2.48. The van der Waals surface area contributed by atoms with E-state index in [4.69, 9.17) is 4.74 Å². The van der Waals surface area contributed by atoms with Crippen molar-refractivity contribution in [3.05, 3.63) is 34.9 Å². The van der Waals surface area contributed by atoms with Crippen LogP contribution in [0.15, 0.2) is 18.2 Å². The lowest BCUT2D eigenvalue weighted by Crippen LogP contribution is -2.56. The Morgan fingerprint density at radius 2 is 1.66 bits per heavy atom. The average Bonchev–Trinajstić information content (AvgIpc) is 2.57. The van der Waals surface area contributed by atoms with Crippen molar-refractivity contribution >= 4 is 11.9 Å². The van der Waals surface area contributed by atoms with E-state index < -0.39 is 17.3 Å². The van der Waals surface area contributed by atoms with Crippen LogP contribution in [0.5, 0.6) is 0 Å². The Kier molecular flexibility index (Phi) is 5.71. The third-order valence-electron chi connectivity index (χ3n) is 5.78. The van der Waals surface area contributed by atoms with Crippen LogP contribution in [0.25, 0.3) is 0 Å². The summed E-state index contributed by atoms with van der Waals surface area (Å²) in [6.07, 6.45) is -1.40. The predicted octanol–water partition coefficient (Wildman–Crippen LogP) is 5.76. The molecule has 2 aliphatic rings. The predicted molar refractivity (Wildman–Crippen MR) is 103 cm³/mol. The number of rotatable bonds is 2. The maximum absolute atomic E-state index is 13.1. The largest absolute Gasteiger partial charge is 0.444 e. The second-order valence-electron chi connectivity index (χ2n) is 9.19. The van der Waals surface area contributed by atoms with E-state index >= 15 is 0 Å². The number of fused-ring (bicyclic) bond motifs is 2. The molecular weight excluding hydrogens is 383 g/mol. The zero-order valence-electron chi connectivity index (χ0n) is 17.3. The van der Waals surface area contributed by atoms with Crippen molar-refractivity contribution in [1.82, 2.24) is 4.90 Å². The first-order valence-corrected chi connectivity index (χ1v) is 10.1. The third-order valence-corrected chi connectivity index (χ3v) is 5.78.